The van der Waals surface area contributed by atoms with Gasteiger partial charge in [0.25, 0.3) is 0 Å². The number of nitrogens with two attached hydrogens (primary N) is 1. The van der Waals surface area contributed by atoms with Crippen LogP contribution in [0.5, 0.6) is 5.75 Å². The molecule has 2 aromatic rings. The van der Waals surface area contributed by atoms with Crippen molar-refractivity contribution in [2.45, 2.75) is 26.7 Å². The maximum absolute atomic E-state index is 6.00. The molecule has 0 saturated carbocycles. The largest absolute Gasteiger partial charge is 0.494 e. The summed E-state index contributed by atoms with van der Waals surface area (Å²) in [5.41, 5.74) is 7.93. The van der Waals surface area contributed by atoms with E-state index in [2.05, 4.69) is 39.5 Å². The first-order valence-corrected chi connectivity index (χ1v) is 7.78. The van der Waals surface area contributed by atoms with Crippen molar-refractivity contribution in [1.82, 2.24) is 9.97 Å². The van der Waals surface area contributed by atoms with Gasteiger partial charge in [-0.1, -0.05) is 25.5 Å². The zero-order chi connectivity index (χ0) is 14.5. The monoisotopic (exact) mass is 383 g/mol. The number of hydrogen-bond acceptors (Lipinski definition) is 4. The molecule has 0 amide bonds. The Morgan fingerprint density at radius 2 is 2.05 bits per heavy atom. The van der Waals surface area contributed by atoms with Crippen molar-refractivity contribution in [3.8, 4) is 17.1 Å². The van der Waals surface area contributed by atoms with Crippen molar-refractivity contribution < 1.29 is 4.74 Å². The quantitative estimate of drug-likeness (QED) is 0.801. The second-order valence-electron chi connectivity index (χ2n) is 4.40. The molecule has 106 valence electrons. The van der Waals surface area contributed by atoms with E-state index in [0.29, 0.717) is 18.2 Å². The van der Waals surface area contributed by atoms with Crippen LogP contribution in [0, 0.1) is 3.57 Å². The van der Waals surface area contributed by atoms with Gasteiger partial charge >= 0.3 is 0 Å². The van der Waals surface area contributed by atoms with Gasteiger partial charge in [-0.05, 0) is 48.1 Å². The van der Waals surface area contributed by atoms with E-state index in [9.17, 15) is 0 Å². The molecule has 0 bridgehead atoms. The Morgan fingerprint density at radius 3 is 2.75 bits per heavy atom. The number of ether oxygens (including phenoxy) is 1. The summed E-state index contributed by atoms with van der Waals surface area (Å²) in [5, 5.41) is 0. The van der Waals surface area contributed by atoms with Gasteiger partial charge in [-0.3, -0.25) is 0 Å². The molecule has 0 aliphatic heterocycles. The van der Waals surface area contributed by atoms with Crippen LogP contribution in [0.15, 0.2) is 24.3 Å². The van der Waals surface area contributed by atoms with Crippen LogP contribution in [-0.4, -0.2) is 16.6 Å². The maximum Gasteiger partial charge on any atom is 0.161 e. The van der Waals surface area contributed by atoms with E-state index in [1.807, 2.05) is 31.2 Å². The lowest BCUT2D eigenvalue weighted by atomic mass is 10.2. The first-order chi connectivity index (χ1) is 9.65. The topological polar surface area (TPSA) is 61.0 Å². The molecule has 0 radical (unpaired) electrons. The third kappa shape index (κ3) is 3.39. The summed E-state index contributed by atoms with van der Waals surface area (Å²) >= 11 is 2.21. The number of anilines is 1. The number of aryl methyl sites for hydroxylation is 1. The first-order valence-electron chi connectivity index (χ1n) is 6.70. The molecule has 0 atom stereocenters. The summed E-state index contributed by atoms with van der Waals surface area (Å²) in [4.78, 5) is 9.03. The van der Waals surface area contributed by atoms with Crippen LogP contribution < -0.4 is 10.5 Å². The van der Waals surface area contributed by atoms with Crippen molar-refractivity contribution in [2.24, 2.45) is 0 Å². The molecule has 20 heavy (non-hydrogen) atoms. The molecule has 0 fully saturated rings. The Hall–Kier alpha value is -1.37. The van der Waals surface area contributed by atoms with Gasteiger partial charge in [-0.25, -0.2) is 9.97 Å². The average molecular weight is 383 g/mol. The fourth-order valence-corrected chi connectivity index (χ4v) is 2.45. The normalized spacial score (nSPS) is 10.6. The van der Waals surface area contributed by atoms with E-state index in [1.165, 1.54) is 0 Å². The molecule has 0 unspecified atom stereocenters. The predicted molar refractivity (Wildman–Crippen MR) is 89.8 cm³/mol. The Bertz CT molecular complexity index is 602. The van der Waals surface area contributed by atoms with Crippen LogP contribution in [0.3, 0.4) is 0 Å². The number of rotatable bonds is 5. The molecule has 2 rings (SSSR count). The summed E-state index contributed by atoms with van der Waals surface area (Å²) in [6.45, 7) is 4.73. The smallest absolute Gasteiger partial charge is 0.161 e. The lowest BCUT2D eigenvalue weighted by Crippen LogP contribution is -2.05. The number of benzene rings is 1. The zero-order valence-corrected chi connectivity index (χ0v) is 13.8. The first kappa shape index (κ1) is 15.0. The molecular weight excluding hydrogens is 365 g/mol. The second kappa shape index (κ2) is 6.88. The summed E-state index contributed by atoms with van der Waals surface area (Å²) in [7, 11) is 0. The van der Waals surface area contributed by atoms with Crippen molar-refractivity contribution in [3.63, 3.8) is 0 Å². The molecule has 0 aliphatic rings. The van der Waals surface area contributed by atoms with Crippen LogP contribution in [-0.2, 0) is 6.42 Å². The van der Waals surface area contributed by atoms with E-state index in [-0.39, 0.29) is 0 Å². The zero-order valence-electron chi connectivity index (χ0n) is 11.7. The maximum atomic E-state index is 6.00. The fourth-order valence-electron chi connectivity index (χ4n) is 1.94. The fraction of sp³-hybridized carbons (Fsp3) is 0.333. The highest BCUT2D eigenvalue weighted by Crippen LogP contribution is 2.25. The molecule has 0 saturated heterocycles. The second-order valence-corrected chi connectivity index (χ2v) is 5.48. The molecule has 4 nitrogen and oxygen atoms in total. The lowest BCUT2D eigenvalue weighted by Gasteiger charge is -2.09. The van der Waals surface area contributed by atoms with E-state index in [1.54, 1.807) is 0 Å². The Morgan fingerprint density at radius 1 is 1.25 bits per heavy atom. The van der Waals surface area contributed by atoms with Crippen molar-refractivity contribution >= 4 is 28.4 Å². The minimum Gasteiger partial charge on any atom is -0.494 e. The number of nitrogen functional groups attached to an aromatic ring is 1. The van der Waals surface area contributed by atoms with Gasteiger partial charge in [0.2, 0.25) is 0 Å². The molecule has 1 aromatic heterocycles. The molecule has 5 heteroatoms. The molecule has 2 N–H and O–H groups in total. The van der Waals surface area contributed by atoms with Crippen LogP contribution >= 0.6 is 22.6 Å². The molecule has 1 aromatic carbocycles. The third-order valence-corrected chi connectivity index (χ3v) is 4.01. The summed E-state index contributed by atoms with van der Waals surface area (Å²) in [5.74, 6) is 2.02. The highest BCUT2D eigenvalue weighted by molar-refractivity contribution is 14.1. The van der Waals surface area contributed by atoms with Gasteiger partial charge in [0.1, 0.15) is 11.6 Å². The SMILES string of the molecule is CCCc1nc(-c2cccc(OCC)c2)nc(N)c1I. The van der Waals surface area contributed by atoms with E-state index < -0.39 is 0 Å². The third-order valence-electron chi connectivity index (χ3n) is 2.84. The average Bonchev–Trinajstić information content (AvgIpc) is 2.44. The van der Waals surface area contributed by atoms with E-state index >= 15 is 0 Å². The number of nitrogens with zero attached hydrogens (tertiary/aromatic N) is 2. The Balaban J connectivity index is 2.44. The minimum absolute atomic E-state index is 0.542. The van der Waals surface area contributed by atoms with Crippen LogP contribution in [0.25, 0.3) is 11.4 Å². The summed E-state index contributed by atoms with van der Waals surface area (Å²) in [6, 6.07) is 7.79. The van der Waals surface area contributed by atoms with Gasteiger partial charge in [-0.15, -0.1) is 0 Å². The predicted octanol–water partition coefficient (Wildman–Crippen LogP) is 3.68. The standard InChI is InChI=1S/C15H18IN3O/c1-3-6-12-13(16)14(17)19-15(18-12)10-7-5-8-11(9-10)20-4-2/h5,7-9H,3-4,6H2,1-2H3,(H2,17,18,19). The minimum atomic E-state index is 0.542. The molecule has 0 spiro atoms. The molecular formula is C15H18IN3O. The van der Waals surface area contributed by atoms with Crippen molar-refractivity contribution in [1.29, 1.82) is 0 Å². The Kier molecular flexibility index (Phi) is 5.17. The van der Waals surface area contributed by atoms with Gasteiger partial charge in [0.15, 0.2) is 5.82 Å². The van der Waals surface area contributed by atoms with Crippen LogP contribution in [0.1, 0.15) is 26.0 Å². The number of hydrogen-bond donors (Lipinski definition) is 1. The lowest BCUT2D eigenvalue weighted by molar-refractivity contribution is 0.340. The van der Waals surface area contributed by atoms with E-state index in [0.717, 1.165) is 33.4 Å². The van der Waals surface area contributed by atoms with Gasteiger partial charge < -0.3 is 10.5 Å². The summed E-state index contributed by atoms with van der Waals surface area (Å²) < 4.78 is 6.46. The van der Waals surface area contributed by atoms with Gasteiger partial charge in [0, 0.05) is 5.56 Å². The van der Waals surface area contributed by atoms with Crippen LogP contribution in [0.4, 0.5) is 5.82 Å². The van der Waals surface area contributed by atoms with Crippen LogP contribution in [0.2, 0.25) is 0 Å². The molecule has 0 aliphatic carbocycles. The Labute approximate surface area is 132 Å². The number of halogens is 1. The van der Waals surface area contributed by atoms with E-state index in [4.69, 9.17) is 10.5 Å². The van der Waals surface area contributed by atoms with Crippen molar-refractivity contribution in [2.75, 3.05) is 12.3 Å². The number of aromatic nitrogens is 2. The van der Waals surface area contributed by atoms with Gasteiger partial charge in [-0.2, -0.15) is 0 Å². The summed E-state index contributed by atoms with van der Waals surface area (Å²) in [6.07, 6.45) is 1.94. The van der Waals surface area contributed by atoms with Crippen molar-refractivity contribution in [3.05, 3.63) is 33.5 Å². The highest BCUT2D eigenvalue weighted by atomic mass is 127. The van der Waals surface area contributed by atoms with Gasteiger partial charge in [0.05, 0.1) is 15.9 Å². The highest BCUT2D eigenvalue weighted by Gasteiger charge is 2.11. The molecule has 1 heterocycles.